The van der Waals surface area contributed by atoms with Crippen LogP contribution in [0.2, 0.25) is 0 Å². The maximum Gasteiger partial charge on any atom is 0.222 e. The molecule has 2 aliphatic rings. The van der Waals surface area contributed by atoms with Crippen LogP contribution in [0, 0.1) is 5.92 Å². The summed E-state index contributed by atoms with van der Waals surface area (Å²) in [6, 6.07) is 5.94. The summed E-state index contributed by atoms with van der Waals surface area (Å²) in [5.74, 6) is 1.02. The summed E-state index contributed by atoms with van der Waals surface area (Å²) in [5.41, 5.74) is 2.23. The van der Waals surface area contributed by atoms with Gasteiger partial charge in [-0.1, -0.05) is 6.07 Å². The van der Waals surface area contributed by atoms with Crippen LogP contribution in [-0.4, -0.2) is 35.4 Å². The number of carbonyl (C=O) groups excluding carboxylic acids is 1. The molecule has 5 heteroatoms. The SMILES string of the molecule is O=C(CCO)NC(c1ccc2c(c1)CCO2)C1CC(O)C1. The number of hydrogen-bond acceptors (Lipinski definition) is 4. The zero-order valence-corrected chi connectivity index (χ0v) is 11.9. The first-order valence-corrected chi connectivity index (χ1v) is 7.51. The molecule has 5 nitrogen and oxygen atoms in total. The van der Waals surface area contributed by atoms with Gasteiger partial charge in [0.2, 0.25) is 5.91 Å². The summed E-state index contributed by atoms with van der Waals surface area (Å²) in [6.45, 7) is 0.562. The van der Waals surface area contributed by atoms with Crippen LogP contribution < -0.4 is 10.1 Å². The lowest BCUT2D eigenvalue weighted by atomic mass is 9.75. The monoisotopic (exact) mass is 291 g/mol. The highest BCUT2D eigenvalue weighted by atomic mass is 16.5. The maximum atomic E-state index is 11.8. The van der Waals surface area contributed by atoms with Crippen molar-refractivity contribution in [3.05, 3.63) is 29.3 Å². The first-order valence-electron chi connectivity index (χ1n) is 7.51. The molecular weight excluding hydrogens is 270 g/mol. The molecule has 114 valence electrons. The minimum absolute atomic E-state index is 0.0988. The molecule has 0 saturated heterocycles. The molecule has 1 aliphatic carbocycles. The fraction of sp³-hybridized carbons (Fsp3) is 0.562. The Balaban J connectivity index is 1.79. The number of amides is 1. The Morgan fingerprint density at radius 2 is 2.24 bits per heavy atom. The molecule has 1 aromatic carbocycles. The summed E-state index contributed by atoms with van der Waals surface area (Å²) in [7, 11) is 0. The van der Waals surface area contributed by atoms with Crippen molar-refractivity contribution in [2.45, 2.75) is 37.8 Å². The molecule has 3 N–H and O–H groups in total. The largest absolute Gasteiger partial charge is 0.493 e. The molecule has 0 radical (unpaired) electrons. The normalized spacial score (nSPS) is 24.7. The van der Waals surface area contributed by atoms with Crippen molar-refractivity contribution in [3.8, 4) is 5.75 Å². The van der Waals surface area contributed by atoms with Crippen LogP contribution in [0.5, 0.6) is 5.75 Å². The Morgan fingerprint density at radius 1 is 1.43 bits per heavy atom. The fourth-order valence-electron chi connectivity index (χ4n) is 3.12. The maximum absolute atomic E-state index is 11.8. The Morgan fingerprint density at radius 3 is 2.95 bits per heavy atom. The summed E-state index contributed by atoms with van der Waals surface area (Å²) in [4.78, 5) is 11.8. The van der Waals surface area contributed by atoms with E-state index >= 15 is 0 Å². The molecule has 1 fully saturated rings. The van der Waals surface area contributed by atoms with Crippen molar-refractivity contribution in [2.75, 3.05) is 13.2 Å². The smallest absolute Gasteiger partial charge is 0.222 e. The molecule has 1 atom stereocenters. The van der Waals surface area contributed by atoms with Crippen molar-refractivity contribution in [2.24, 2.45) is 5.92 Å². The van der Waals surface area contributed by atoms with Crippen molar-refractivity contribution >= 4 is 5.91 Å². The highest BCUT2D eigenvalue weighted by Gasteiger charge is 2.36. The van der Waals surface area contributed by atoms with Gasteiger partial charge in [-0.3, -0.25) is 4.79 Å². The van der Waals surface area contributed by atoms with Gasteiger partial charge in [-0.05, 0) is 42.0 Å². The number of nitrogens with one attached hydrogen (secondary N) is 1. The Hall–Kier alpha value is -1.59. The van der Waals surface area contributed by atoms with Crippen molar-refractivity contribution < 1.29 is 19.7 Å². The molecule has 1 aromatic rings. The van der Waals surface area contributed by atoms with Crippen LogP contribution in [0.3, 0.4) is 0 Å². The first kappa shape index (κ1) is 14.4. The van der Waals surface area contributed by atoms with E-state index in [1.54, 1.807) is 0 Å². The second-order valence-electron chi connectivity index (χ2n) is 5.87. The Labute approximate surface area is 123 Å². The lowest BCUT2D eigenvalue weighted by Crippen LogP contribution is -2.41. The Kier molecular flexibility index (Phi) is 4.12. The molecule has 1 saturated carbocycles. The second kappa shape index (κ2) is 6.03. The van der Waals surface area contributed by atoms with Gasteiger partial charge in [-0.25, -0.2) is 0 Å². The van der Waals surface area contributed by atoms with E-state index in [0.717, 1.165) is 17.7 Å². The van der Waals surface area contributed by atoms with E-state index in [1.807, 2.05) is 12.1 Å². The minimum atomic E-state index is -0.259. The zero-order chi connectivity index (χ0) is 14.8. The molecular formula is C16H21NO4. The predicted molar refractivity (Wildman–Crippen MR) is 77.0 cm³/mol. The van der Waals surface area contributed by atoms with Crippen LogP contribution >= 0.6 is 0 Å². The molecule has 1 aliphatic heterocycles. The van der Waals surface area contributed by atoms with Gasteiger partial charge < -0.3 is 20.3 Å². The third kappa shape index (κ3) is 3.04. The number of aliphatic hydroxyl groups excluding tert-OH is 2. The molecule has 3 rings (SSSR count). The number of carbonyl (C=O) groups is 1. The summed E-state index contributed by atoms with van der Waals surface area (Å²) in [6.07, 6.45) is 2.16. The van der Waals surface area contributed by atoms with Crippen LogP contribution in [0.15, 0.2) is 18.2 Å². The number of ether oxygens (including phenoxy) is 1. The molecule has 0 bridgehead atoms. The van der Waals surface area contributed by atoms with Gasteiger partial charge in [0, 0.05) is 12.8 Å². The molecule has 0 spiro atoms. The topological polar surface area (TPSA) is 78.8 Å². The van der Waals surface area contributed by atoms with Crippen molar-refractivity contribution in [3.63, 3.8) is 0 Å². The van der Waals surface area contributed by atoms with E-state index < -0.39 is 0 Å². The molecule has 1 unspecified atom stereocenters. The summed E-state index contributed by atoms with van der Waals surface area (Å²) < 4.78 is 5.51. The van der Waals surface area contributed by atoms with E-state index in [9.17, 15) is 9.90 Å². The molecule has 1 heterocycles. The number of aliphatic hydroxyl groups is 2. The van der Waals surface area contributed by atoms with Crippen LogP contribution in [0.25, 0.3) is 0 Å². The van der Waals surface area contributed by atoms with Gasteiger partial charge in [-0.2, -0.15) is 0 Å². The zero-order valence-electron chi connectivity index (χ0n) is 11.9. The average molecular weight is 291 g/mol. The average Bonchev–Trinajstić information content (AvgIpc) is 2.89. The van der Waals surface area contributed by atoms with Gasteiger partial charge in [0.05, 0.1) is 25.4 Å². The Bertz CT molecular complexity index is 525. The molecule has 0 aromatic heterocycles. The highest BCUT2D eigenvalue weighted by molar-refractivity contribution is 5.76. The van der Waals surface area contributed by atoms with Gasteiger partial charge in [0.15, 0.2) is 0 Å². The van der Waals surface area contributed by atoms with E-state index in [4.69, 9.17) is 9.84 Å². The summed E-state index contributed by atoms with van der Waals surface area (Å²) in [5, 5.41) is 21.4. The van der Waals surface area contributed by atoms with E-state index in [-0.39, 0.29) is 37.0 Å². The first-order chi connectivity index (χ1) is 10.2. The van der Waals surface area contributed by atoms with Crippen LogP contribution in [-0.2, 0) is 11.2 Å². The lowest BCUT2D eigenvalue weighted by molar-refractivity contribution is -0.123. The predicted octanol–water partition coefficient (Wildman–Crippen LogP) is 0.932. The van der Waals surface area contributed by atoms with Gasteiger partial charge in [-0.15, -0.1) is 0 Å². The van der Waals surface area contributed by atoms with Gasteiger partial charge in [0.25, 0.3) is 0 Å². The second-order valence-corrected chi connectivity index (χ2v) is 5.87. The van der Waals surface area contributed by atoms with Crippen molar-refractivity contribution in [1.29, 1.82) is 0 Å². The van der Waals surface area contributed by atoms with E-state index in [2.05, 4.69) is 11.4 Å². The number of hydrogen-bond donors (Lipinski definition) is 3. The third-order valence-electron chi connectivity index (χ3n) is 4.35. The number of fused-ring (bicyclic) bond motifs is 1. The van der Waals surface area contributed by atoms with Crippen LogP contribution in [0.1, 0.15) is 36.4 Å². The highest BCUT2D eigenvalue weighted by Crippen LogP contribution is 2.39. The summed E-state index contributed by atoms with van der Waals surface area (Å²) >= 11 is 0. The van der Waals surface area contributed by atoms with E-state index in [0.29, 0.717) is 19.4 Å². The minimum Gasteiger partial charge on any atom is -0.493 e. The number of benzene rings is 1. The van der Waals surface area contributed by atoms with E-state index in [1.165, 1.54) is 5.56 Å². The lowest BCUT2D eigenvalue weighted by Gasteiger charge is -2.38. The van der Waals surface area contributed by atoms with Crippen LogP contribution in [0.4, 0.5) is 0 Å². The van der Waals surface area contributed by atoms with Gasteiger partial charge >= 0.3 is 0 Å². The quantitative estimate of drug-likeness (QED) is 0.754. The van der Waals surface area contributed by atoms with Gasteiger partial charge in [0.1, 0.15) is 5.75 Å². The third-order valence-corrected chi connectivity index (χ3v) is 4.35. The van der Waals surface area contributed by atoms with Crippen molar-refractivity contribution in [1.82, 2.24) is 5.32 Å². The molecule has 1 amide bonds. The standard InChI is InChI=1S/C16H21NO4/c18-5-3-15(20)17-16(12-8-13(19)9-12)11-1-2-14-10(7-11)4-6-21-14/h1-2,7,12-13,16,18-19H,3-6,8-9H2,(H,17,20). The fourth-order valence-corrected chi connectivity index (χ4v) is 3.12. The molecule has 21 heavy (non-hydrogen) atoms. The number of rotatable bonds is 5.